The SMILES string of the molecule is CC(C)CCCCCCCCCCCCCCCCCCC(=O)OC[C@H](COP(=O)(O)OC[C@@H](O)COP(=O)(O)OC[C@@H](COC(=O)CCCCCCCCC(C)C)OC(=O)CCCCCCCCCCCCCCC(C)C)OC(=O)CCCCCCCCCCCCCCCCCCC(C)C. The summed E-state index contributed by atoms with van der Waals surface area (Å²) in [6, 6.07) is 0. The van der Waals surface area contributed by atoms with Crippen molar-refractivity contribution < 1.29 is 80.2 Å². The van der Waals surface area contributed by atoms with E-state index in [2.05, 4.69) is 55.4 Å². The van der Waals surface area contributed by atoms with Crippen molar-refractivity contribution in [1.82, 2.24) is 0 Å². The molecule has 0 saturated heterocycles. The van der Waals surface area contributed by atoms with Gasteiger partial charge in [0.25, 0.3) is 0 Å². The minimum atomic E-state index is -4.96. The topological polar surface area (TPSA) is 237 Å². The van der Waals surface area contributed by atoms with Crippen LogP contribution in [-0.4, -0.2) is 96.7 Å². The lowest BCUT2D eigenvalue weighted by atomic mass is 10.0. The largest absolute Gasteiger partial charge is 0.472 e. The molecule has 102 heavy (non-hydrogen) atoms. The molecule has 0 radical (unpaired) electrons. The number of carbonyl (C=O) groups is 4. The Labute approximate surface area is 626 Å². The molecule has 5 atom stereocenters. The fourth-order valence-electron chi connectivity index (χ4n) is 12.8. The van der Waals surface area contributed by atoms with Gasteiger partial charge in [-0.05, 0) is 49.4 Å². The first-order chi connectivity index (χ1) is 49.1. The van der Waals surface area contributed by atoms with Crippen LogP contribution in [0.15, 0.2) is 0 Å². The van der Waals surface area contributed by atoms with E-state index >= 15 is 0 Å². The lowest BCUT2D eigenvalue weighted by Crippen LogP contribution is -2.30. The highest BCUT2D eigenvalue weighted by atomic mass is 31.2. The number of aliphatic hydroxyl groups excluding tert-OH is 1. The van der Waals surface area contributed by atoms with E-state index in [0.29, 0.717) is 31.6 Å². The molecular formula is C83H162O17P2. The maximum absolute atomic E-state index is 13.1. The Morgan fingerprint density at radius 1 is 0.245 bits per heavy atom. The van der Waals surface area contributed by atoms with Gasteiger partial charge in [-0.15, -0.1) is 0 Å². The van der Waals surface area contributed by atoms with E-state index in [-0.39, 0.29) is 25.7 Å². The van der Waals surface area contributed by atoms with Crippen molar-refractivity contribution in [3.8, 4) is 0 Å². The van der Waals surface area contributed by atoms with Crippen molar-refractivity contribution in [3.63, 3.8) is 0 Å². The van der Waals surface area contributed by atoms with E-state index < -0.39 is 97.5 Å². The van der Waals surface area contributed by atoms with Gasteiger partial charge in [-0.25, -0.2) is 9.13 Å². The summed E-state index contributed by atoms with van der Waals surface area (Å²) >= 11 is 0. The fourth-order valence-corrected chi connectivity index (χ4v) is 14.4. The molecule has 2 unspecified atom stereocenters. The van der Waals surface area contributed by atoms with Crippen LogP contribution >= 0.6 is 15.6 Å². The number of carbonyl (C=O) groups excluding carboxylic acids is 4. The van der Waals surface area contributed by atoms with Crippen molar-refractivity contribution in [2.24, 2.45) is 23.7 Å². The molecule has 0 aliphatic rings. The number of phosphoric ester groups is 2. The number of esters is 4. The second-order valence-corrected chi connectivity index (χ2v) is 34.7. The first-order valence-electron chi connectivity index (χ1n) is 42.7. The lowest BCUT2D eigenvalue weighted by molar-refractivity contribution is -0.161. The molecule has 0 fully saturated rings. The van der Waals surface area contributed by atoms with Crippen LogP contribution in [0.1, 0.15) is 428 Å². The summed E-state index contributed by atoms with van der Waals surface area (Å²) in [4.78, 5) is 73.1. The summed E-state index contributed by atoms with van der Waals surface area (Å²) in [5, 5.41) is 10.6. The van der Waals surface area contributed by atoms with Crippen LogP contribution in [0.25, 0.3) is 0 Å². The molecule has 0 aliphatic carbocycles. The molecule has 606 valence electrons. The predicted octanol–water partition coefficient (Wildman–Crippen LogP) is 24.8. The smallest absolute Gasteiger partial charge is 0.462 e. The Morgan fingerprint density at radius 3 is 0.608 bits per heavy atom. The van der Waals surface area contributed by atoms with Crippen molar-refractivity contribution >= 4 is 39.5 Å². The summed E-state index contributed by atoms with van der Waals surface area (Å²) in [6.07, 6.45) is 59.9. The van der Waals surface area contributed by atoms with Crippen molar-refractivity contribution in [1.29, 1.82) is 0 Å². The number of ether oxygens (including phenoxy) is 4. The summed E-state index contributed by atoms with van der Waals surface area (Å²) < 4.78 is 68.7. The molecule has 19 heteroatoms. The first kappa shape index (κ1) is 100. The van der Waals surface area contributed by atoms with Crippen molar-refractivity contribution in [3.05, 3.63) is 0 Å². The summed E-state index contributed by atoms with van der Waals surface area (Å²) in [5.41, 5.74) is 0. The van der Waals surface area contributed by atoms with E-state index in [4.69, 9.17) is 37.0 Å². The van der Waals surface area contributed by atoms with Gasteiger partial charge in [0, 0.05) is 25.7 Å². The highest BCUT2D eigenvalue weighted by Crippen LogP contribution is 2.45. The standard InChI is InChI=1S/C83H162O17P2/c1-73(2)59-51-43-35-29-23-17-13-9-11-15-19-26-32-38-47-55-63-80(85)93-69-78(99-82(87)65-57-49-39-33-27-20-16-12-10-14-18-24-30-36-44-52-60-74(3)4)71-97-101(89,90)95-67-77(84)68-96-102(91,92)98-72-79(70-94-81(86)64-56-48-42-41-46-54-62-76(7)8)100-83(88)66-58-50-40-34-28-22-21-25-31-37-45-53-61-75(5)6/h73-79,84H,9-72H2,1-8H3,(H,89,90)(H,91,92)/t77-,78-,79-/m1/s1. The van der Waals surface area contributed by atoms with Gasteiger partial charge >= 0.3 is 39.5 Å². The maximum atomic E-state index is 13.1. The minimum absolute atomic E-state index is 0.106. The van der Waals surface area contributed by atoms with Crippen molar-refractivity contribution in [2.75, 3.05) is 39.6 Å². The molecule has 3 N–H and O–H groups in total. The monoisotopic (exact) mass is 1490 g/mol. The van der Waals surface area contributed by atoms with Crippen LogP contribution in [0.4, 0.5) is 0 Å². The van der Waals surface area contributed by atoms with E-state index in [9.17, 15) is 43.2 Å². The third-order valence-electron chi connectivity index (χ3n) is 19.3. The molecule has 0 bridgehead atoms. The van der Waals surface area contributed by atoms with Gasteiger partial charge in [0.15, 0.2) is 12.2 Å². The van der Waals surface area contributed by atoms with E-state index in [0.717, 1.165) is 114 Å². The van der Waals surface area contributed by atoms with Crippen LogP contribution in [0.5, 0.6) is 0 Å². The average Bonchev–Trinajstić information content (AvgIpc) is 0.907. The number of hydrogen-bond donors (Lipinski definition) is 3. The van der Waals surface area contributed by atoms with Gasteiger partial charge in [0.2, 0.25) is 0 Å². The normalized spacial score (nSPS) is 14.0. The Balaban J connectivity index is 5.22. The van der Waals surface area contributed by atoms with E-state index in [1.54, 1.807) is 0 Å². The van der Waals surface area contributed by atoms with Crippen LogP contribution < -0.4 is 0 Å². The molecule has 0 spiro atoms. The molecule has 0 rings (SSSR count). The second-order valence-electron chi connectivity index (χ2n) is 31.8. The number of aliphatic hydroxyl groups is 1. The molecule has 0 aromatic heterocycles. The molecule has 0 aliphatic heterocycles. The quantitative estimate of drug-likeness (QED) is 0.0222. The van der Waals surface area contributed by atoms with Crippen LogP contribution in [0, 0.1) is 23.7 Å². The Bertz CT molecular complexity index is 1990. The maximum Gasteiger partial charge on any atom is 0.472 e. The third-order valence-corrected chi connectivity index (χ3v) is 21.2. The number of hydrogen-bond acceptors (Lipinski definition) is 15. The number of rotatable bonds is 80. The van der Waals surface area contributed by atoms with Gasteiger partial charge in [-0.2, -0.15) is 0 Å². The van der Waals surface area contributed by atoms with E-state index in [1.807, 2.05) is 0 Å². The average molecular weight is 1490 g/mol. The predicted molar refractivity (Wildman–Crippen MR) is 418 cm³/mol. The van der Waals surface area contributed by atoms with Gasteiger partial charge < -0.3 is 33.8 Å². The zero-order chi connectivity index (χ0) is 75.3. The lowest BCUT2D eigenvalue weighted by Gasteiger charge is -2.21. The zero-order valence-electron chi connectivity index (χ0n) is 67.2. The second kappa shape index (κ2) is 72.0. The molecule has 0 aromatic rings. The fraction of sp³-hybridized carbons (Fsp3) is 0.952. The zero-order valence-corrected chi connectivity index (χ0v) is 69.0. The Hall–Kier alpha value is -1.94. The highest BCUT2D eigenvalue weighted by molar-refractivity contribution is 7.47. The number of unbranched alkanes of at least 4 members (excludes halogenated alkanes) is 46. The molecule has 0 heterocycles. The van der Waals surface area contributed by atoms with Crippen LogP contribution in [0.2, 0.25) is 0 Å². The van der Waals surface area contributed by atoms with Gasteiger partial charge in [-0.3, -0.25) is 37.3 Å². The highest BCUT2D eigenvalue weighted by Gasteiger charge is 2.30. The third kappa shape index (κ3) is 76.3. The van der Waals surface area contributed by atoms with Gasteiger partial charge in [0.05, 0.1) is 26.4 Å². The Morgan fingerprint density at radius 2 is 0.412 bits per heavy atom. The molecule has 0 saturated carbocycles. The molecule has 17 nitrogen and oxygen atoms in total. The van der Waals surface area contributed by atoms with Gasteiger partial charge in [-0.1, -0.05) is 376 Å². The first-order valence-corrected chi connectivity index (χ1v) is 45.7. The van der Waals surface area contributed by atoms with Crippen LogP contribution in [0.3, 0.4) is 0 Å². The Kier molecular flexibility index (Phi) is 70.6. The molecular weight excluding hydrogens is 1330 g/mol. The van der Waals surface area contributed by atoms with Crippen molar-refractivity contribution in [2.45, 2.75) is 446 Å². The summed E-state index contributed by atoms with van der Waals surface area (Å²) in [5.74, 6) is 0.965. The van der Waals surface area contributed by atoms with E-state index in [1.165, 1.54) is 225 Å². The summed E-state index contributed by atoms with van der Waals surface area (Å²) in [6.45, 7) is 14.2. The molecule has 0 amide bonds. The number of phosphoric acid groups is 2. The van der Waals surface area contributed by atoms with Crippen LogP contribution in [-0.2, 0) is 65.4 Å². The van der Waals surface area contributed by atoms with Gasteiger partial charge in [0.1, 0.15) is 19.3 Å². The minimum Gasteiger partial charge on any atom is -0.462 e. The summed E-state index contributed by atoms with van der Waals surface area (Å²) in [7, 11) is -9.92. The molecule has 0 aromatic carbocycles.